The minimum absolute atomic E-state index is 0.137. The normalized spacial score (nSPS) is 28.6. The van der Waals surface area contributed by atoms with Gasteiger partial charge in [0.25, 0.3) is 5.91 Å². The summed E-state index contributed by atoms with van der Waals surface area (Å²) in [6, 6.07) is 5.64. The van der Waals surface area contributed by atoms with Gasteiger partial charge in [-0.3, -0.25) is 20.0 Å². The summed E-state index contributed by atoms with van der Waals surface area (Å²) < 4.78 is 36.0. The van der Waals surface area contributed by atoms with Crippen molar-refractivity contribution in [3.05, 3.63) is 57.1 Å². The SMILES string of the molecule is CN(C)C(=O)C(=N)/C(Cl)=C1/CN(c2nc(OC[C@@]34CCCN3C[C@H](F)C4)nc3c2CN(C)[C@@]2(CCc4c(F)cccc42)C3)CCC[NH2+]1. The minimum Gasteiger partial charge on any atom is -0.461 e. The maximum atomic E-state index is 14.9. The van der Waals surface area contributed by atoms with E-state index < -0.39 is 17.6 Å². The molecule has 1 aromatic carbocycles. The fourth-order valence-corrected chi connectivity index (χ4v) is 8.82. The number of likely N-dealkylation sites (N-methyl/N-ethyl adjacent to an activating group) is 1. The number of halogens is 3. The molecule has 0 bridgehead atoms. The van der Waals surface area contributed by atoms with Crippen molar-refractivity contribution in [2.75, 3.05) is 65.4 Å². The van der Waals surface area contributed by atoms with Gasteiger partial charge in [0.1, 0.15) is 40.9 Å². The van der Waals surface area contributed by atoms with Gasteiger partial charge in [0.15, 0.2) is 0 Å². The Morgan fingerprint density at radius 1 is 1.19 bits per heavy atom. The van der Waals surface area contributed by atoms with Gasteiger partial charge < -0.3 is 19.9 Å². The molecule has 3 saturated heterocycles. The van der Waals surface area contributed by atoms with E-state index in [-0.39, 0.29) is 28.1 Å². The summed E-state index contributed by atoms with van der Waals surface area (Å²) in [5, 5.41) is 10.6. The highest BCUT2D eigenvalue weighted by Gasteiger charge is 2.50. The number of anilines is 1. The maximum Gasteiger partial charge on any atom is 0.318 e. The van der Waals surface area contributed by atoms with Crippen molar-refractivity contribution in [2.45, 2.75) is 68.7 Å². The first kappa shape index (κ1) is 32.4. The first-order valence-electron chi connectivity index (χ1n) is 16.7. The van der Waals surface area contributed by atoms with Crippen LogP contribution in [0.4, 0.5) is 14.6 Å². The van der Waals surface area contributed by atoms with E-state index in [2.05, 4.69) is 21.7 Å². The number of ether oxygens (including phenoxy) is 1. The van der Waals surface area contributed by atoms with Crippen LogP contribution in [0.25, 0.3) is 0 Å². The quantitative estimate of drug-likeness (QED) is 0.456. The zero-order valence-electron chi connectivity index (χ0n) is 27.4. The lowest BCUT2D eigenvalue weighted by molar-refractivity contribution is -0.605. The second-order valence-electron chi connectivity index (χ2n) is 14.1. The average molecular weight is 670 g/mol. The number of alkyl halides is 1. The number of fused-ring (bicyclic) bond motifs is 4. The molecule has 5 aliphatic rings. The topological polar surface area (TPSA) is 106 Å². The summed E-state index contributed by atoms with van der Waals surface area (Å²) >= 11 is 6.72. The van der Waals surface area contributed by atoms with E-state index >= 15 is 0 Å². The smallest absolute Gasteiger partial charge is 0.318 e. The van der Waals surface area contributed by atoms with Gasteiger partial charge in [-0.25, -0.2) is 8.78 Å². The molecular weight excluding hydrogens is 626 g/mol. The predicted molar refractivity (Wildman–Crippen MR) is 175 cm³/mol. The standard InChI is InChI=1S/C34H43ClF2N8O2/c1-42(2)31(46)29(38)28(35)27-19-44(13-6-12-39-27)30-23-18-43(3)34(11-9-22-24(34)7-4-8-25(22)37)16-26(23)40-32(41-30)47-20-33-10-5-14-45(33)17-21(36)15-33/h4,7-8,21,38-39H,5-6,9-20H2,1-3H3/p+1/b28-27+,38-29?/t21-,33+,34+/m1/s1. The van der Waals surface area contributed by atoms with Crippen LogP contribution in [0.2, 0.25) is 0 Å². The van der Waals surface area contributed by atoms with Gasteiger partial charge in [0.05, 0.1) is 29.9 Å². The number of nitrogens with one attached hydrogen (secondary N) is 1. The van der Waals surface area contributed by atoms with Gasteiger partial charge in [-0.2, -0.15) is 9.97 Å². The number of benzene rings is 1. The molecule has 1 aromatic heterocycles. The lowest BCUT2D eigenvalue weighted by Gasteiger charge is -2.44. The summed E-state index contributed by atoms with van der Waals surface area (Å²) in [6.07, 6.45) is 4.35. The van der Waals surface area contributed by atoms with Crippen LogP contribution >= 0.6 is 11.6 Å². The lowest BCUT2D eigenvalue weighted by atomic mass is 9.81. The van der Waals surface area contributed by atoms with Crippen molar-refractivity contribution in [1.82, 2.24) is 24.7 Å². The third-order valence-electron chi connectivity index (χ3n) is 11.1. The van der Waals surface area contributed by atoms with Crippen LogP contribution in [0.15, 0.2) is 28.9 Å². The number of aromatic nitrogens is 2. The molecule has 13 heteroatoms. The van der Waals surface area contributed by atoms with Crippen molar-refractivity contribution in [3.8, 4) is 6.01 Å². The van der Waals surface area contributed by atoms with E-state index in [1.165, 1.54) is 11.0 Å². The summed E-state index contributed by atoms with van der Waals surface area (Å²) in [6.45, 7) is 3.99. The van der Waals surface area contributed by atoms with Crippen molar-refractivity contribution < 1.29 is 23.6 Å². The van der Waals surface area contributed by atoms with E-state index in [4.69, 9.17) is 31.7 Å². The molecule has 10 nitrogen and oxygen atoms in total. The molecule has 1 aliphatic carbocycles. The van der Waals surface area contributed by atoms with Crippen LogP contribution < -0.4 is 15.0 Å². The molecule has 252 valence electrons. The largest absolute Gasteiger partial charge is 0.461 e. The fourth-order valence-electron chi connectivity index (χ4n) is 8.60. The molecule has 7 rings (SSSR count). The Balaban J connectivity index is 1.27. The van der Waals surface area contributed by atoms with E-state index in [1.54, 1.807) is 20.2 Å². The Labute approximate surface area is 279 Å². The summed E-state index contributed by atoms with van der Waals surface area (Å²) in [7, 11) is 5.30. The number of carbonyl (C=O) groups excluding carboxylic acids is 1. The number of quaternary nitrogens is 1. The van der Waals surface area contributed by atoms with E-state index in [9.17, 15) is 13.6 Å². The number of hydrogen-bond acceptors (Lipinski definition) is 8. The van der Waals surface area contributed by atoms with Crippen LogP contribution in [0, 0.1) is 11.2 Å². The number of nitrogens with two attached hydrogens (primary N) is 1. The van der Waals surface area contributed by atoms with E-state index in [0.29, 0.717) is 57.7 Å². The molecule has 0 radical (unpaired) electrons. The molecule has 47 heavy (non-hydrogen) atoms. The summed E-state index contributed by atoms with van der Waals surface area (Å²) in [5.74, 6) is 0.122. The van der Waals surface area contributed by atoms with Gasteiger partial charge >= 0.3 is 6.01 Å². The Bertz CT molecular complexity index is 1640. The Morgan fingerprint density at radius 2 is 2.02 bits per heavy atom. The molecule has 3 atom stereocenters. The molecule has 4 aliphatic heterocycles. The average Bonchev–Trinajstić information content (AvgIpc) is 3.63. The van der Waals surface area contributed by atoms with Gasteiger partial charge in [0, 0.05) is 58.6 Å². The van der Waals surface area contributed by atoms with Crippen LogP contribution in [-0.2, 0) is 29.7 Å². The molecule has 1 amide bonds. The Hall–Kier alpha value is -3.19. The number of rotatable bonds is 6. The molecule has 3 fully saturated rings. The maximum absolute atomic E-state index is 14.9. The minimum atomic E-state index is -0.862. The Kier molecular flexibility index (Phi) is 8.51. The van der Waals surface area contributed by atoms with Gasteiger partial charge in [0.2, 0.25) is 0 Å². The first-order chi connectivity index (χ1) is 22.5. The molecule has 0 saturated carbocycles. The van der Waals surface area contributed by atoms with Crippen LogP contribution in [-0.4, -0.2) is 108 Å². The fraction of sp³-hybridized carbons (Fsp3) is 0.588. The summed E-state index contributed by atoms with van der Waals surface area (Å²) in [5.41, 5.74) is 3.37. The number of amides is 1. The zero-order chi connectivity index (χ0) is 33.1. The van der Waals surface area contributed by atoms with Crippen LogP contribution in [0.1, 0.15) is 54.5 Å². The van der Waals surface area contributed by atoms with Crippen LogP contribution in [0.5, 0.6) is 6.01 Å². The molecule has 0 unspecified atom stereocenters. The molecular formula is C34H44ClF2N8O2+. The van der Waals surface area contributed by atoms with Crippen molar-refractivity contribution in [1.29, 1.82) is 5.41 Å². The zero-order valence-corrected chi connectivity index (χ0v) is 28.2. The third-order valence-corrected chi connectivity index (χ3v) is 11.5. The Morgan fingerprint density at radius 3 is 2.83 bits per heavy atom. The number of nitrogens with zero attached hydrogens (tertiary/aromatic N) is 6. The van der Waals surface area contributed by atoms with Crippen LogP contribution in [0.3, 0.4) is 0 Å². The van der Waals surface area contributed by atoms with Crippen molar-refractivity contribution >= 4 is 29.0 Å². The second-order valence-corrected chi connectivity index (χ2v) is 14.5. The molecule has 5 heterocycles. The highest BCUT2D eigenvalue weighted by atomic mass is 35.5. The van der Waals surface area contributed by atoms with Gasteiger partial charge in [-0.15, -0.1) is 0 Å². The van der Waals surface area contributed by atoms with E-state index in [1.807, 2.05) is 11.4 Å². The number of carbonyl (C=O) groups is 1. The monoisotopic (exact) mass is 669 g/mol. The highest BCUT2D eigenvalue weighted by molar-refractivity contribution is 6.58. The van der Waals surface area contributed by atoms with E-state index in [0.717, 1.165) is 67.0 Å². The van der Waals surface area contributed by atoms with Gasteiger partial charge in [-0.05, 0) is 56.5 Å². The first-order valence-corrected chi connectivity index (χ1v) is 17.1. The van der Waals surface area contributed by atoms with Crippen molar-refractivity contribution in [3.63, 3.8) is 0 Å². The lowest BCUT2D eigenvalue weighted by Crippen LogP contribution is -2.83. The van der Waals surface area contributed by atoms with Gasteiger partial charge in [-0.1, -0.05) is 23.7 Å². The predicted octanol–water partition coefficient (Wildman–Crippen LogP) is 2.73. The second kappa shape index (κ2) is 12.4. The molecule has 1 spiro atoms. The van der Waals surface area contributed by atoms with Crippen molar-refractivity contribution in [2.24, 2.45) is 0 Å². The summed E-state index contributed by atoms with van der Waals surface area (Å²) in [4.78, 5) is 30.7. The number of hydrogen-bond donors (Lipinski definition) is 2. The molecule has 3 N–H and O–H groups in total. The molecule has 2 aromatic rings. The highest BCUT2D eigenvalue weighted by Crippen LogP contribution is 2.49. The third kappa shape index (κ3) is 5.60.